The SMILES string of the molecule is Nn1cnnn1.O. The van der Waals surface area contributed by atoms with Gasteiger partial charge in [0.15, 0.2) is 6.33 Å². The van der Waals surface area contributed by atoms with E-state index in [4.69, 9.17) is 5.84 Å². The highest BCUT2D eigenvalue weighted by Gasteiger charge is 1.73. The molecule has 0 saturated carbocycles. The van der Waals surface area contributed by atoms with E-state index in [1.165, 1.54) is 6.33 Å². The molecule has 40 valence electrons. The summed E-state index contributed by atoms with van der Waals surface area (Å²) in [6.45, 7) is 0. The first-order chi connectivity index (χ1) is 2.89. The van der Waals surface area contributed by atoms with Crippen molar-refractivity contribution in [3.63, 3.8) is 0 Å². The van der Waals surface area contributed by atoms with E-state index >= 15 is 0 Å². The van der Waals surface area contributed by atoms with Gasteiger partial charge >= 0.3 is 0 Å². The Balaban J connectivity index is 0.000000360. The van der Waals surface area contributed by atoms with Crippen LogP contribution in [0.3, 0.4) is 0 Å². The average Bonchev–Trinajstić information content (AvgIpc) is 1.86. The average molecular weight is 103 g/mol. The molecule has 0 fully saturated rings. The first-order valence-electron chi connectivity index (χ1n) is 1.37. The van der Waals surface area contributed by atoms with Gasteiger partial charge in [-0.15, -0.1) is 9.89 Å². The third kappa shape index (κ3) is 1.14. The lowest BCUT2D eigenvalue weighted by Crippen LogP contribution is -2.07. The van der Waals surface area contributed by atoms with Crippen LogP contribution in [0.2, 0.25) is 0 Å². The molecule has 0 saturated heterocycles. The second-order valence-corrected chi connectivity index (χ2v) is 0.790. The van der Waals surface area contributed by atoms with E-state index in [-0.39, 0.29) is 5.48 Å². The molecule has 0 aliphatic rings. The second kappa shape index (κ2) is 2.08. The highest BCUT2D eigenvalue weighted by Crippen LogP contribution is 1.53. The molecule has 7 heavy (non-hydrogen) atoms. The van der Waals surface area contributed by atoms with Gasteiger partial charge in [0.25, 0.3) is 0 Å². The molecule has 0 radical (unpaired) electrons. The molecule has 1 aromatic rings. The van der Waals surface area contributed by atoms with Gasteiger partial charge in [0.2, 0.25) is 0 Å². The molecule has 0 bridgehead atoms. The second-order valence-electron chi connectivity index (χ2n) is 0.790. The highest BCUT2D eigenvalue weighted by atomic mass is 16.0. The predicted molar refractivity (Wildman–Crippen MR) is 21.6 cm³/mol. The van der Waals surface area contributed by atoms with Gasteiger partial charge in [0.1, 0.15) is 0 Å². The van der Waals surface area contributed by atoms with E-state index in [2.05, 4.69) is 15.5 Å². The summed E-state index contributed by atoms with van der Waals surface area (Å²) in [5.74, 6) is 4.96. The Kier molecular flexibility index (Phi) is 1.74. The van der Waals surface area contributed by atoms with E-state index in [1.54, 1.807) is 0 Å². The maximum absolute atomic E-state index is 4.96. The van der Waals surface area contributed by atoms with Gasteiger partial charge in [-0.1, -0.05) is 0 Å². The van der Waals surface area contributed by atoms with Gasteiger partial charge in [-0.25, -0.2) is 0 Å². The first kappa shape index (κ1) is 5.83. The molecule has 0 aliphatic carbocycles. The standard InChI is InChI=1S/CH3N5.H2O/c2-6-1-3-4-5-6;/h1H,2H2;1H2. The summed E-state index contributed by atoms with van der Waals surface area (Å²) in [6, 6.07) is 0. The molecule has 0 aliphatic heterocycles. The van der Waals surface area contributed by atoms with Crippen LogP contribution in [-0.2, 0) is 0 Å². The van der Waals surface area contributed by atoms with Crippen LogP contribution in [0.15, 0.2) is 6.33 Å². The summed E-state index contributed by atoms with van der Waals surface area (Å²) in [4.78, 5) is 1.03. The number of nitrogen functional groups attached to an aromatic ring is 1. The first-order valence-corrected chi connectivity index (χ1v) is 1.37. The van der Waals surface area contributed by atoms with Crippen molar-refractivity contribution in [2.24, 2.45) is 0 Å². The predicted octanol–water partition coefficient (Wildman–Crippen LogP) is -2.44. The molecular weight excluding hydrogens is 98.0 g/mol. The summed E-state index contributed by atoms with van der Waals surface area (Å²) in [6.07, 6.45) is 1.31. The zero-order chi connectivity index (χ0) is 4.41. The lowest BCUT2D eigenvalue weighted by Gasteiger charge is -1.73. The van der Waals surface area contributed by atoms with Gasteiger partial charge in [-0.2, -0.15) is 0 Å². The zero-order valence-corrected chi connectivity index (χ0v) is 3.44. The molecule has 0 aromatic carbocycles. The highest BCUT2D eigenvalue weighted by molar-refractivity contribution is 4.38. The number of nitrogens with zero attached hydrogens (tertiary/aromatic N) is 4. The number of nitrogens with two attached hydrogens (primary N) is 1. The maximum Gasteiger partial charge on any atom is 0.161 e. The van der Waals surface area contributed by atoms with E-state index in [0.717, 1.165) is 4.79 Å². The fourth-order valence-corrected chi connectivity index (χ4v) is 0.168. The Hall–Kier alpha value is -1.17. The monoisotopic (exact) mass is 103 g/mol. The fourth-order valence-electron chi connectivity index (χ4n) is 0.168. The van der Waals surface area contributed by atoms with Crippen LogP contribution in [0, 0.1) is 0 Å². The lowest BCUT2D eigenvalue weighted by atomic mass is 11.4. The van der Waals surface area contributed by atoms with E-state index in [0.29, 0.717) is 0 Å². The van der Waals surface area contributed by atoms with Crippen LogP contribution in [0.5, 0.6) is 0 Å². The van der Waals surface area contributed by atoms with Gasteiger partial charge < -0.3 is 11.3 Å². The van der Waals surface area contributed by atoms with Crippen molar-refractivity contribution in [3.8, 4) is 0 Å². The van der Waals surface area contributed by atoms with Crippen LogP contribution in [0.1, 0.15) is 0 Å². The lowest BCUT2D eigenvalue weighted by molar-refractivity contribution is 0.756. The quantitative estimate of drug-likeness (QED) is 0.368. The molecule has 6 nitrogen and oxygen atoms in total. The Morgan fingerprint density at radius 3 is 2.43 bits per heavy atom. The number of tetrazole rings is 1. The minimum Gasteiger partial charge on any atom is -0.412 e. The van der Waals surface area contributed by atoms with Gasteiger partial charge in [0, 0.05) is 0 Å². The van der Waals surface area contributed by atoms with Crippen molar-refractivity contribution in [3.05, 3.63) is 6.33 Å². The van der Waals surface area contributed by atoms with Gasteiger partial charge in [0.05, 0.1) is 0 Å². The minimum absolute atomic E-state index is 0. The van der Waals surface area contributed by atoms with Gasteiger partial charge in [-0.05, 0) is 10.4 Å². The Labute approximate surface area is 39.2 Å². The summed E-state index contributed by atoms with van der Waals surface area (Å²) < 4.78 is 0. The molecular formula is CH5N5O. The Morgan fingerprint density at radius 2 is 2.29 bits per heavy atom. The van der Waals surface area contributed by atoms with E-state index < -0.39 is 0 Å². The number of hydrogen-bond acceptors (Lipinski definition) is 4. The van der Waals surface area contributed by atoms with Gasteiger partial charge in [-0.3, -0.25) is 0 Å². The molecule has 6 heteroatoms. The van der Waals surface area contributed by atoms with Crippen LogP contribution < -0.4 is 5.84 Å². The molecule has 1 rings (SSSR count). The largest absolute Gasteiger partial charge is 0.412 e. The third-order valence-electron chi connectivity index (χ3n) is 0.365. The molecule has 0 amide bonds. The van der Waals surface area contributed by atoms with Crippen molar-refractivity contribution in [1.29, 1.82) is 0 Å². The molecule has 0 unspecified atom stereocenters. The van der Waals surface area contributed by atoms with Crippen molar-refractivity contribution >= 4 is 0 Å². The summed E-state index contributed by atoms with van der Waals surface area (Å²) >= 11 is 0. The fraction of sp³-hybridized carbons (Fsp3) is 0. The van der Waals surface area contributed by atoms with E-state index in [9.17, 15) is 0 Å². The number of hydrogen-bond donors (Lipinski definition) is 1. The Bertz CT molecular complexity index is 112. The molecule has 0 atom stereocenters. The van der Waals surface area contributed by atoms with Crippen LogP contribution >= 0.6 is 0 Å². The third-order valence-corrected chi connectivity index (χ3v) is 0.365. The van der Waals surface area contributed by atoms with Crippen LogP contribution in [0.4, 0.5) is 0 Å². The van der Waals surface area contributed by atoms with E-state index in [1.807, 2.05) is 0 Å². The van der Waals surface area contributed by atoms with Crippen molar-refractivity contribution < 1.29 is 5.48 Å². The topological polar surface area (TPSA) is 101 Å². The van der Waals surface area contributed by atoms with Crippen molar-refractivity contribution in [1.82, 2.24) is 20.3 Å². The number of rotatable bonds is 0. The van der Waals surface area contributed by atoms with Crippen LogP contribution in [0.25, 0.3) is 0 Å². The normalized spacial score (nSPS) is 7.43. The van der Waals surface area contributed by atoms with Crippen molar-refractivity contribution in [2.75, 3.05) is 5.84 Å². The maximum atomic E-state index is 4.96. The molecule has 4 N–H and O–H groups in total. The Morgan fingerprint density at radius 1 is 1.57 bits per heavy atom. The van der Waals surface area contributed by atoms with Crippen LogP contribution in [-0.4, -0.2) is 25.8 Å². The number of aromatic nitrogens is 4. The molecule has 1 heterocycles. The summed E-state index contributed by atoms with van der Waals surface area (Å²) in [5.41, 5.74) is 0. The summed E-state index contributed by atoms with van der Waals surface area (Å²) in [7, 11) is 0. The minimum atomic E-state index is 0. The molecule has 1 aromatic heterocycles. The smallest absolute Gasteiger partial charge is 0.161 e. The molecule has 0 spiro atoms. The summed E-state index contributed by atoms with van der Waals surface area (Å²) in [5, 5.41) is 9.71. The zero-order valence-electron chi connectivity index (χ0n) is 3.44. The van der Waals surface area contributed by atoms with Crippen molar-refractivity contribution in [2.45, 2.75) is 0 Å².